The first-order chi connectivity index (χ1) is 7.54. The van der Waals surface area contributed by atoms with Gasteiger partial charge in [0.25, 0.3) is 0 Å². The summed E-state index contributed by atoms with van der Waals surface area (Å²) < 4.78 is 0. The van der Waals surface area contributed by atoms with Gasteiger partial charge in [-0.3, -0.25) is 4.79 Å². The summed E-state index contributed by atoms with van der Waals surface area (Å²) >= 11 is 1.98. The van der Waals surface area contributed by atoms with E-state index in [1.807, 2.05) is 16.7 Å². The third-order valence-corrected chi connectivity index (χ3v) is 4.59. The summed E-state index contributed by atoms with van der Waals surface area (Å²) in [5.74, 6) is 1.69. The minimum absolute atomic E-state index is 0.00200. The van der Waals surface area contributed by atoms with E-state index in [4.69, 9.17) is 5.73 Å². The van der Waals surface area contributed by atoms with Crippen molar-refractivity contribution in [2.45, 2.75) is 44.9 Å². The van der Waals surface area contributed by atoms with E-state index in [9.17, 15) is 4.79 Å². The summed E-state index contributed by atoms with van der Waals surface area (Å²) in [6.07, 6.45) is 1.64. The lowest BCUT2D eigenvalue weighted by Crippen LogP contribution is -2.44. The normalized spacial score (nSPS) is 23.6. The highest BCUT2D eigenvalue weighted by atomic mass is 32.2. The van der Waals surface area contributed by atoms with Crippen LogP contribution in [0.25, 0.3) is 0 Å². The van der Waals surface area contributed by atoms with Crippen LogP contribution in [0.4, 0.5) is 0 Å². The van der Waals surface area contributed by atoms with Crippen LogP contribution < -0.4 is 5.73 Å². The molecule has 0 aromatic carbocycles. The number of amides is 1. The molecule has 1 fully saturated rings. The Morgan fingerprint density at radius 1 is 1.56 bits per heavy atom. The lowest BCUT2D eigenvalue weighted by atomic mass is 10.0. The molecule has 0 radical (unpaired) electrons. The summed E-state index contributed by atoms with van der Waals surface area (Å²) in [7, 11) is 0. The molecule has 0 aliphatic carbocycles. The molecule has 1 heterocycles. The van der Waals surface area contributed by atoms with Crippen molar-refractivity contribution in [2.75, 3.05) is 18.8 Å². The number of hydrogen-bond donors (Lipinski definition) is 1. The number of carbonyl (C=O) groups is 1. The van der Waals surface area contributed by atoms with E-state index in [0.717, 1.165) is 25.3 Å². The van der Waals surface area contributed by atoms with E-state index in [0.29, 0.717) is 17.6 Å². The molecule has 2 unspecified atom stereocenters. The summed E-state index contributed by atoms with van der Waals surface area (Å²) in [5, 5.41) is 0.618. The average molecular weight is 244 g/mol. The molecule has 1 amide bonds. The van der Waals surface area contributed by atoms with Gasteiger partial charge in [-0.2, -0.15) is 11.8 Å². The topological polar surface area (TPSA) is 46.3 Å². The third-order valence-electron chi connectivity index (χ3n) is 3.21. The number of nitrogens with two attached hydrogens (primary N) is 1. The lowest BCUT2D eigenvalue weighted by Gasteiger charge is -2.33. The molecule has 0 spiro atoms. The van der Waals surface area contributed by atoms with Crippen LogP contribution in [0.15, 0.2) is 0 Å². The van der Waals surface area contributed by atoms with Gasteiger partial charge in [-0.15, -0.1) is 0 Å². The van der Waals surface area contributed by atoms with Gasteiger partial charge in [0.2, 0.25) is 5.91 Å². The van der Waals surface area contributed by atoms with Gasteiger partial charge < -0.3 is 10.6 Å². The van der Waals surface area contributed by atoms with Gasteiger partial charge in [0.05, 0.1) is 0 Å². The molecule has 0 aromatic rings. The SMILES string of the molecule is CCC1CN(C(=O)CC(N)C(C)C)CCS1. The highest BCUT2D eigenvalue weighted by Gasteiger charge is 2.24. The van der Waals surface area contributed by atoms with Gasteiger partial charge in [-0.1, -0.05) is 20.8 Å². The third kappa shape index (κ3) is 3.98. The highest BCUT2D eigenvalue weighted by Crippen LogP contribution is 2.21. The number of nitrogens with zero attached hydrogens (tertiary/aromatic N) is 1. The van der Waals surface area contributed by atoms with Gasteiger partial charge in [0.1, 0.15) is 0 Å². The van der Waals surface area contributed by atoms with Gasteiger partial charge in [-0.25, -0.2) is 0 Å². The molecule has 1 saturated heterocycles. The number of hydrogen-bond acceptors (Lipinski definition) is 3. The fourth-order valence-corrected chi connectivity index (χ4v) is 2.94. The van der Waals surface area contributed by atoms with Crippen LogP contribution in [0.3, 0.4) is 0 Å². The van der Waals surface area contributed by atoms with Crippen molar-refractivity contribution < 1.29 is 4.79 Å². The van der Waals surface area contributed by atoms with Crippen molar-refractivity contribution >= 4 is 17.7 Å². The fourth-order valence-electron chi connectivity index (χ4n) is 1.76. The van der Waals surface area contributed by atoms with Crippen LogP contribution in [0.1, 0.15) is 33.6 Å². The van der Waals surface area contributed by atoms with Crippen molar-refractivity contribution in [1.82, 2.24) is 4.90 Å². The van der Waals surface area contributed by atoms with Crippen molar-refractivity contribution in [3.63, 3.8) is 0 Å². The first-order valence-electron chi connectivity index (χ1n) is 6.19. The summed E-state index contributed by atoms with van der Waals surface area (Å²) in [4.78, 5) is 14.0. The van der Waals surface area contributed by atoms with Crippen molar-refractivity contribution in [3.05, 3.63) is 0 Å². The van der Waals surface area contributed by atoms with E-state index in [2.05, 4.69) is 20.8 Å². The largest absolute Gasteiger partial charge is 0.341 e. The van der Waals surface area contributed by atoms with Crippen molar-refractivity contribution in [3.8, 4) is 0 Å². The monoisotopic (exact) mass is 244 g/mol. The molecule has 1 aliphatic heterocycles. The molecular weight excluding hydrogens is 220 g/mol. The second-order valence-electron chi connectivity index (χ2n) is 4.85. The van der Waals surface area contributed by atoms with Crippen LogP contribution in [-0.2, 0) is 4.79 Å². The van der Waals surface area contributed by atoms with E-state index in [1.54, 1.807) is 0 Å². The average Bonchev–Trinajstić information content (AvgIpc) is 2.28. The smallest absolute Gasteiger partial charge is 0.224 e. The Balaban J connectivity index is 2.41. The Morgan fingerprint density at radius 2 is 2.25 bits per heavy atom. The Labute approximate surface area is 103 Å². The van der Waals surface area contributed by atoms with Gasteiger partial charge in [0.15, 0.2) is 0 Å². The first-order valence-corrected chi connectivity index (χ1v) is 7.24. The maximum atomic E-state index is 12.0. The second kappa shape index (κ2) is 6.50. The summed E-state index contributed by atoms with van der Waals surface area (Å²) in [6.45, 7) is 8.12. The fraction of sp³-hybridized carbons (Fsp3) is 0.917. The molecule has 1 aliphatic rings. The van der Waals surface area contributed by atoms with Crippen LogP contribution in [0.5, 0.6) is 0 Å². The first kappa shape index (κ1) is 13.8. The van der Waals surface area contributed by atoms with Gasteiger partial charge >= 0.3 is 0 Å². The maximum Gasteiger partial charge on any atom is 0.224 e. The van der Waals surface area contributed by atoms with E-state index >= 15 is 0 Å². The van der Waals surface area contributed by atoms with Crippen LogP contribution in [0.2, 0.25) is 0 Å². The number of carbonyl (C=O) groups excluding carboxylic acids is 1. The molecule has 4 heteroatoms. The van der Waals surface area contributed by atoms with Crippen LogP contribution >= 0.6 is 11.8 Å². The minimum atomic E-state index is 0.00200. The van der Waals surface area contributed by atoms with Crippen molar-refractivity contribution in [2.24, 2.45) is 11.7 Å². The molecule has 3 nitrogen and oxygen atoms in total. The molecule has 0 saturated carbocycles. The number of rotatable bonds is 4. The zero-order chi connectivity index (χ0) is 12.1. The van der Waals surface area contributed by atoms with Crippen LogP contribution in [0, 0.1) is 5.92 Å². The van der Waals surface area contributed by atoms with E-state index in [1.165, 1.54) is 0 Å². The van der Waals surface area contributed by atoms with Gasteiger partial charge in [0, 0.05) is 36.6 Å². The Morgan fingerprint density at radius 3 is 2.81 bits per heavy atom. The molecule has 0 aromatic heterocycles. The van der Waals surface area contributed by atoms with Crippen molar-refractivity contribution in [1.29, 1.82) is 0 Å². The van der Waals surface area contributed by atoms with E-state index in [-0.39, 0.29) is 11.9 Å². The molecule has 94 valence electrons. The Bertz CT molecular complexity index is 233. The molecule has 0 bridgehead atoms. The maximum absolute atomic E-state index is 12.0. The molecular formula is C12H24N2OS. The Hall–Kier alpha value is -0.220. The molecule has 16 heavy (non-hydrogen) atoms. The highest BCUT2D eigenvalue weighted by molar-refractivity contribution is 8.00. The second-order valence-corrected chi connectivity index (χ2v) is 6.26. The molecule has 2 N–H and O–H groups in total. The zero-order valence-corrected chi connectivity index (χ0v) is 11.4. The summed E-state index contributed by atoms with van der Waals surface area (Å²) in [6, 6.07) is 0.00200. The minimum Gasteiger partial charge on any atom is -0.341 e. The zero-order valence-electron chi connectivity index (χ0n) is 10.6. The molecule has 1 rings (SSSR count). The standard InChI is InChI=1S/C12H24N2OS/c1-4-10-8-14(5-6-16-10)12(15)7-11(13)9(2)3/h9-11H,4-8,13H2,1-3H3. The predicted molar refractivity (Wildman–Crippen MR) is 70.5 cm³/mol. The summed E-state index contributed by atoms with van der Waals surface area (Å²) in [5.41, 5.74) is 5.94. The predicted octanol–water partition coefficient (Wildman–Crippen LogP) is 1.71. The quantitative estimate of drug-likeness (QED) is 0.819. The Kier molecular flexibility index (Phi) is 5.62. The number of thioether (sulfide) groups is 1. The van der Waals surface area contributed by atoms with Gasteiger partial charge in [-0.05, 0) is 12.3 Å². The van der Waals surface area contributed by atoms with Crippen LogP contribution in [-0.4, -0.2) is 40.9 Å². The van der Waals surface area contributed by atoms with E-state index < -0.39 is 0 Å². The molecule has 2 atom stereocenters. The lowest BCUT2D eigenvalue weighted by molar-refractivity contribution is -0.131.